The summed E-state index contributed by atoms with van der Waals surface area (Å²) in [5.41, 5.74) is 6.60. The number of β-lactam (4-membered cyclic amide) rings is 2. The van der Waals surface area contributed by atoms with Gasteiger partial charge in [0.2, 0.25) is 11.8 Å². The number of nitrogens with one attached hydrogen (secondary N) is 1. The monoisotopic (exact) mass is 752 g/mol. The van der Waals surface area contributed by atoms with Crippen molar-refractivity contribution in [3.8, 4) is 0 Å². The van der Waals surface area contributed by atoms with Crippen LogP contribution in [0.4, 0.5) is 11.4 Å². The fraction of sp³-hybridized carbons (Fsp3) is 0.312. The van der Waals surface area contributed by atoms with Crippen LogP contribution in [-0.2, 0) is 33.4 Å². The van der Waals surface area contributed by atoms with Crippen molar-refractivity contribution < 1.29 is 73.0 Å². The number of nitro groups is 2. The molecule has 3 aliphatic rings. The first-order valence-electron chi connectivity index (χ1n) is 15.6. The SMILES string of the molecule is C[C@@H](O)[C@H]1C(=O)N2C(C(=O)OC(=O)c3ccc([N+](=O)[O-])cc3)=C(O)C[C@H]12.C[C@@H](O)[C@H]1C(=O)N[C@@H]1CC(=O)C(=[N+]=[N-])C(=O)OC(=O)c1ccc([N+](=O)[O-])cc1. The van der Waals surface area contributed by atoms with E-state index in [-0.39, 0.29) is 28.9 Å². The Labute approximate surface area is 301 Å². The van der Waals surface area contributed by atoms with Gasteiger partial charge in [-0.2, -0.15) is 4.79 Å². The summed E-state index contributed by atoms with van der Waals surface area (Å²) in [6.07, 6.45) is -2.44. The summed E-state index contributed by atoms with van der Waals surface area (Å²) in [6.45, 7) is 2.80. The lowest BCUT2D eigenvalue weighted by atomic mass is 9.82. The smallest absolute Gasteiger partial charge is 0.442 e. The average Bonchev–Trinajstić information content (AvgIpc) is 3.39. The number of hydrogen-bond acceptors (Lipinski definition) is 16. The van der Waals surface area contributed by atoms with Crippen LogP contribution in [0.25, 0.3) is 5.53 Å². The van der Waals surface area contributed by atoms with E-state index in [9.17, 15) is 69.1 Å². The van der Waals surface area contributed by atoms with Gasteiger partial charge in [-0.05, 0) is 38.1 Å². The number of ketones is 1. The number of aliphatic hydroxyl groups excluding tert-OH is 3. The minimum Gasteiger partial charge on any atom is -0.510 e. The molecular weight excluding hydrogens is 724 g/mol. The molecule has 0 saturated carbocycles. The number of aliphatic hydroxyl groups is 3. The van der Waals surface area contributed by atoms with E-state index < -0.39 is 111 Å². The van der Waals surface area contributed by atoms with Gasteiger partial charge in [-0.3, -0.25) is 39.5 Å². The predicted octanol–water partition coefficient (Wildman–Crippen LogP) is 0.0629. The highest BCUT2D eigenvalue weighted by Crippen LogP contribution is 2.43. The van der Waals surface area contributed by atoms with Crippen LogP contribution >= 0.6 is 0 Å². The van der Waals surface area contributed by atoms with Gasteiger partial charge in [0.1, 0.15) is 5.76 Å². The van der Waals surface area contributed by atoms with Crippen molar-refractivity contribution in [2.24, 2.45) is 11.8 Å². The number of benzene rings is 2. The maximum Gasteiger partial charge on any atom is 0.442 e. The van der Waals surface area contributed by atoms with Crippen molar-refractivity contribution >= 4 is 58.6 Å². The van der Waals surface area contributed by atoms with Crippen molar-refractivity contribution in [2.75, 3.05) is 0 Å². The molecule has 54 heavy (non-hydrogen) atoms. The maximum absolute atomic E-state index is 12.2. The van der Waals surface area contributed by atoms with Gasteiger partial charge in [-0.1, -0.05) is 0 Å². The zero-order valence-corrected chi connectivity index (χ0v) is 27.9. The first kappa shape index (κ1) is 39.8. The topological polar surface area (TPSA) is 337 Å². The molecule has 0 radical (unpaired) electrons. The van der Waals surface area contributed by atoms with Gasteiger partial charge in [0, 0.05) is 37.1 Å². The second-order valence-corrected chi connectivity index (χ2v) is 12.0. The molecule has 3 heterocycles. The highest BCUT2D eigenvalue weighted by Gasteiger charge is 2.57. The van der Waals surface area contributed by atoms with Gasteiger partial charge in [0.25, 0.3) is 17.2 Å². The average molecular weight is 753 g/mol. The number of non-ortho nitro benzene ring substituents is 2. The van der Waals surface area contributed by atoms with Crippen LogP contribution in [0.1, 0.15) is 47.4 Å². The van der Waals surface area contributed by atoms with Crippen LogP contribution < -0.4 is 5.32 Å². The fourth-order valence-corrected chi connectivity index (χ4v) is 5.76. The van der Waals surface area contributed by atoms with Crippen molar-refractivity contribution in [3.63, 3.8) is 0 Å². The molecule has 22 heteroatoms. The highest BCUT2D eigenvalue weighted by molar-refractivity contribution is 6.63. The molecule has 3 aliphatic heterocycles. The predicted molar refractivity (Wildman–Crippen MR) is 172 cm³/mol. The molecule has 2 amide bonds. The number of carbonyl (C=O) groups is 7. The van der Waals surface area contributed by atoms with E-state index in [1.54, 1.807) is 0 Å². The van der Waals surface area contributed by atoms with E-state index in [4.69, 9.17) is 5.53 Å². The number of fused-ring (bicyclic) bond motifs is 1. The van der Waals surface area contributed by atoms with Gasteiger partial charge in [-0.25, -0.2) is 19.2 Å². The molecule has 0 unspecified atom stereocenters. The standard InChI is InChI=1S/C16H14N4O8.C16H14N2O8/c1-7(21)12-10(18-14(12)23)6-11(22)13(19-17)16(25)28-15(24)8-2-4-9(5-3-8)20(26)27;1-7(19)12-10-6-11(20)13(17(10)14(12)21)16(23)26-15(22)8-2-4-9(5-3-8)18(24)25/h2-5,7,10,12,21H,6H2,1H3,(H,18,23);2-5,7,10,12,19-20H,6H2,1H3/t2*7-,10-,12-/m11/s1. The number of rotatable bonds is 11. The summed E-state index contributed by atoms with van der Waals surface area (Å²) in [5.74, 6) is -9.03. The summed E-state index contributed by atoms with van der Waals surface area (Å²) in [7, 11) is 0. The van der Waals surface area contributed by atoms with Gasteiger partial charge < -0.3 is 35.6 Å². The number of amides is 2. The third kappa shape index (κ3) is 8.20. The Hall–Kier alpha value is -7.03. The van der Waals surface area contributed by atoms with Crippen molar-refractivity contribution in [1.82, 2.24) is 10.2 Å². The first-order chi connectivity index (χ1) is 25.4. The molecule has 0 aromatic heterocycles. The van der Waals surface area contributed by atoms with Gasteiger partial charge in [0.15, 0.2) is 5.70 Å². The summed E-state index contributed by atoms with van der Waals surface area (Å²) >= 11 is 0. The first-order valence-corrected chi connectivity index (χ1v) is 15.6. The Morgan fingerprint density at radius 2 is 1.35 bits per heavy atom. The lowest BCUT2D eigenvalue weighted by Gasteiger charge is -2.44. The summed E-state index contributed by atoms with van der Waals surface area (Å²) < 4.78 is 9.11. The lowest BCUT2D eigenvalue weighted by Crippen LogP contribution is -2.62. The van der Waals surface area contributed by atoms with Crippen molar-refractivity contribution in [2.45, 2.75) is 51.0 Å². The zero-order chi connectivity index (χ0) is 40.2. The van der Waals surface area contributed by atoms with Crippen LogP contribution in [0, 0.1) is 32.1 Å². The van der Waals surface area contributed by atoms with E-state index in [0.29, 0.717) is 0 Å². The van der Waals surface area contributed by atoms with Crippen LogP contribution in [-0.4, -0.2) is 106 Å². The van der Waals surface area contributed by atoms with Crippen LogP contribution in [0.2, 0.25) is 0 Å². The molecule has 0 aliphatic carbocycles. The van der Waals surface area contributed by atoms with Gasteiger partial charge >= 0.3 is 29.6 Å². The minimum atomic E-state index is -1.53. The third-order valence-corrected chi connectivity index (χ3v) is 8.44. The lowest BCUT2D eigenvalue weighted by molar-refractivity contribution is -0.385. The summed E-state index contributed by atoms with van der Waals surface area (Å²) in [6, 6.07) is 7.20. The number of nitro benzene ring substituents is 2. The normalized spacial score (nSPS) is 20.6. The Kier molecular flexibility index (Phi) is 11.9. The molecule has 0 bridgehead atoms. The van der Waals surface area contributed by atoms with Crippen LogP contribution in [0.15, 0.2) is 60.0 Å². The Balaban J connectivity index is 0.000000241. The van der Waals surface area contributed by atoms with E-state index in [0.717, 1.165) is 53.4 Å². The molecule has 2 aromatic carbocycles. The molecule has 0 spiro atoms. The number of carbonyl (C=O) groups excluding carboxylic acids is 7. The Bertz CT molecular complexity index is 2040. The molecule has 282 valence electrons. The minimum absolute atomic E-state index is 0.0164. The number of ether oxygens (including phenoxy) is 2. The number of nitrogens with zero attached hydrogens (tertiary/aromatic N) is 5. The summed E-state index contributed by atoms with van der Waals surface area (Å²) in [5, 5.41) is 52.6. The second kappa shape index (κ2) is 16.1. The molecule has 6 atom stereocenters. The Morgan fingerprint density at radius 1 is 0.870 bits per heavy atom. The van der Waals surface area contributed by atoms with Crippen LogP contribution in [0.5, 0.6) is 0 Å². The van der Waals surface area contributed by atoms with Gasteiger partial charge in [-0.15, -0.1) is 0 Å². The summed E-state index contributed by atoms with van der Waals surface area (Å²) in [4.78, 5) is 107. The van der Waals surface area contributed by atoms with Gasteiger partial charge in [0.05, 0.1) is 57.1 Å². The molecule has 2 saturated heterocycles. The number of esters is 4. The molecule has 2 aromatic rings. The fourth-order valence-electron chi connectivity index (χ4n) is 5.76. The quantitative estimate of drug-likeness (QED) is 0.0345. The van der Waals surface area contributed by atoms with Crippen LogP contribution in [0.3, 0.4) is 0 Å². The second-order valence-electron chi connectivity index (χ2n) is 12.0. The van der Waals surface area contributed by atoms with Crippen molar-refractivity contribution in [1.29, 1.82) is 0 Å². The molecule has 22 nitrogen and oxygen atoms in total. The largest absolute Gasteiger partial charge is 0.510 e. The maximum atomic E-state index is 12.2. The number of Topliss-reactive ketones (excluding diaryl/α,β-unsaturated/α-hetero) is 1. The third-order valence-electron chi connectivity index (χ3n) is 8.44. The molecule has 2 fully saturated rings. The van der Waals surface area contributed by atoms with E-state index in [2.05, 4.69) is 19.6 Å². The molecule has 5 rings (SSSR count). The number of hydrogen-bond donors (Lipinski definition) is 4. The highest BCUT2D eigenvalue weighted by atomic mass is 16.6. The van der Waals surface area contributed by atoms with E-state index in [1.165, 1.54) is 13.8 Å². The molecular formula is C32H28N6O16. The zero-order valence-electron chi connectivity index (χ0n) is 27.9. The Morgan fingerprint density at radius 3 is 1.78 bits per heavy atom. The van der Waals surface area contributed by atoms with E-state index in [1.807, 2.05) is 0 Å². The molecule has 4 N–H and O–H groups in total. The van der Waals surface area contributed by atoms with E-state index >= 15 is 0 Å². The van der Waals surface area contributed by atoms with Crippen molar-refractivity contribution in [3.05, 3.63) is 96.9 Å².